The quantitative estimate of drug-likeness (QED) is 0.881. The van der Waals surface area contributed by atoms with E-state index in [0.717, 1.165) is 17.0 Å². The van der Waals surface area contributed by atoms with Gasteiger partial charge in [-0.25, -0.2) is 0 Å². The molecule has 3 nitrogen and oxygen atoms in total. The first-order chi connectivity index (χ1) is 8.19. The molecule has 0 unspecified atom stereocenters. The minimum Gasteiger partial charge on any atom is -0.495 e. The predicted molar refractivity (Wildman–Crippen MR) is 69.7 cm³/mol. The van der Waals surface area contributed by atoms with Crippen molar-refractivity contribution in [1.29, 1.82) is 0 Å². The Morgan fingerprint density at radius 3 is 2.71 bits per heavy atom. The zero-order valence-electron chi connectivity index (χ0n) is 10.6. The molecule has 2 aromatic rings. The first kappa shape index (κ1) is 12.0. The van der Waals surface area contributed by atoms with Crippen LogP contribution in [-0.4, -0.2) is 23.4 Å². The van der Waals surface area contributed by atoms with Gasteiger partial charge in [-0.05, 0) is 26.0 Å². The summed E-state index contributed by atoms with van der Waals surface area (Å²) in [6.45, 7) is 4.46. The van der Waals surface area contributed by atoms with Crippen molar-refractivity contribution in [2.24, 2.45) is 0 Å². The van der Waals surface area contributed by atoms with Gasteiger partial charge in [0, 0.05) is 30.1 Å². The Balaban J connectivity index is 2.72. The zero-order chi connectivity index (χ0) is 12.4. The number of rotatable bonds is 4. The minimum absolute atomic E-state index is 0.172. The van der Waals surface area contributed by atoms with Gasteiger partial charge >= 0.3 is 0 Å². The van der Waals surface area contributed by atoms with Gasteiger partial charge < -0.3 is 14.4 Å². The summed E-state index contributed by atoms with van der Waals surface area (Å²) in [4.78, 5) is 0. The van der Waals surface area contributed by atoms with Gasteiger partial charge in [-0.1, -0.05) is 12.1 Å². The second-order valence-corrected chi connectivity index (χ2v) is 4.47. The Hall–Kier alpha value is -1.48. The van der Waals surface area contributed by atoms with E-state index in [4.69, 9.17) is 9.84 Å². The highest BCUT2D eigenvalue weighted by Crippen LogP contribution is 2.31. The highest BCUT2D eigenvalue weighted by atomic mass is 16.5. The molecule has 0 saturated heterocycles. The van der Waals surface area contributed by atoms with E-state index in [9.17, 15) is 0 Å². The maximum atomic E-state index is 9.13. The van der Waals surface area contributed by atoms with Crippen LogP contribution < -0.4 is 4.74 Å². The van der Waals surface area contributed by atoms with Crippen LogP contribution in [0.2, 0.25) is 0 Å². The van der Waals surface area contributed by atoms with E-state index in [1.165, 1.54) is 5.39 Å². The number of aromatic nitrogens is 1. The molecule has 0 atom stereocenters. The molecular weight excluding hydrogens is 214 g/mol. The maximum absolute atomic E-state index is 9.13. The average molecular weight is 233 g/mol. The number of fused-ring (bicyclic) bond motifs is 1. The SMILES string of the molecule is COc1cccc2cc(CCO)n(C(C)C)c12. The van der Waals surface area contributed by atoms with Crippen molar-refractivity contribution in [2.75, 3.05) is 13.7 Å². The Morgan fingerprint density at radius 2 is 2.12 bits per heavy atom. The molecule has 1 N–H and O–H groups in total. The number of aliphatic hydroxyl groups excluding tert-OH is 1. The van der Waals surface area contributed by atoms with Gasteiger partial charge in [0.25, 0.3) is 0 Å². The average Bonchev–Trinajstić information content (AvgIpc) is 2.67. The van der Waals surface area contributed by atoms with Crippen molar-refractivity contribution < 1.29 is 9.84 Å². The van der Waals surface area contributed by atoms with Gasteiger partial charge in [0.15, 0.2) is 0 Å². The zero-order valence-corrected chi connectivity index (χ0v) is 10.6. The lowest BCUT2D eigenvalue weighted by atomic mass is 10.2. The molecular formula is C14H19NO2. The summed E-state index contributed by atoms with van der Waals surface area (Å²) in [5, 5.41) is 10.3. The van der Waals surface area contributed by atoms with Gasteiger partial charge in [0.2, 0.25) is 0 Å². The molecule has 3 heteroatoms. The lowest BCUT2D eigenvalue weighted by Crippen LogP contribution is -2.07. The van der Waals surface area contributed by atoms with Crippen molar-refractivity contribution in [1.82, 2.24) is 4.57 Å². The largest absolute Gasteiger partial charge is 0.495 e. The summed E-state index contributed by atoms with van der Waals surface area (Å²) in [5.74, 6) is 0.889. The number of ether oxygens (including phenoxy) is 1. The first-order valence-corrected chi connectivity index (χ1v) is 5.96. The smallest absolute Gasteiger partial charge is 0.143 e. The number of benzene rings is 1. The molecule has 0 fully saturated rings. The van der Waals surface area contributed by atoms with E-state index >= 15 is 0 Å². The van der Waals surface area contributed by atoms with E-state index in [-0.39, 0.29) is 6.61 Å². The molecule has 1 aromatic carbocycles. The molecule has 0 amide bonds. The van der Waals surface area contributed by atoms with Gasteiger partial charge in [-0.3, -0.25) is 0 Å². The fraction of sp³-hybridized carbons (Fsp3) is 0.429. The second kappa shape index (κ2) is 4.80. The molecule has 92 valence electrons. The van der Waals surface area contributed by atoms with Crippen LogP contribution in [0.15, 0.2) is 24.3 Å². The van der Waals surface area contributed by atoms with E-state index in [1.54, 1.807) is 7.11 Å². The third-order valence-electron chi connectivity index (χ3n) is 3.01. The van der Waals surface area contributed by atoms with E-state index in [1.807, 2.05) is 12.1 Å². The molecule has 0 bridgehead atoms. The molecule has 0 radical (unpaired) electrons. The molecule has 0 aliphatic heterocycles. The lowest BCUT2D eigenvalue weighted by Gasteiger charge is -2.15. The fourth-order valence-corrected chi connectivity index (χ4v) is 2.37. The molecule has 0 spiro atoms. The highest BCUT2D eigenvalue weighted by Gasteiger charge is 2.14. The van der Waals surface area contributed by atoms with Crippen LogP contribution in [0, 0.1) is 0 Å². The van der Waals surface area contributed by atoms with E-state index < -0.39 is 0 Å². The maximum Gasteiger partial charge on any atom is 0.143 e. The minimum atomic E-state index is 0.172. The lowest BCUT2D eigenvalue weighted by molar-refractivity contribution is 0.295. The first-order valence-electron chi connectivity index (χ1n) is 5.96. The Labute approximate surface area is 102 Å². The standard InChI is InChI=1S/C14H19NO2/c1-10(2)15-12(7-8-16)9-11-5-4-6-13(17-3)14(11)15/h4-6,9-10,16H,7-8H2,1-3H3. The van der Waals surface area contributed by atoms with Crippen LogP contribution in [0.3, 0.4) is 0 Å². The number of nitrogens with zero attached hydrogens (tertiary/aromatic N) is 1. The normalized spacial score (nSPS) is 11.4. The molecule has 1 heterocycles. The van der Waals surface area contributed by atoms with Crippen molar-refractivity contribution in [3.8, 4) is 5.75 Å². The van der Waals surface area contributed by atoms with Gasteiger partial charge in [0.1, 0.15) is 5.75 Å². The number of aliphatic hydroxyl groups is 1. The topological polar surface area (TPSA) is 34.4 Å². The molecule has 0 aliphatic rings. The van der Waals surface area contributed by atoms with Crippen molar-refractivity contribution in [3.63, 3.8) is 0 Å². The van der Waals surface area contributed by atoms with Gasteiger partial charge in [0.05, 0.1) is 12.6 Å². The van der Waals surface area contributed by atoms with Crippen molar-refractivity contribution in [3.05, 3.63) is 30.0 Å². The number of hydrogen-bond acceptors (Lipinski definition) is 2. The molecule has 1 aromatic heterocycles. The summed E-state index contributed by atoms with van der Waals surface area (Å²) in [6.07, 6.45) is 0.677. The Bertz CT molecular complexity index is 514. The Morgan fingerprint density at radius 1 is 1.35 bits per heavy atom. The summed E-state index contributed by atoms with van der Waals surface area (Å²) in [7, 11) is 1.69. The van der Waals surface area contributed by atoms with Crippen LogP contribution in [0.25, 0.3) is 10.9 Å². The molecule has 0 saturated carbocycles. The Kier molecular flexibility index (Phi) is 3.38. The molecule has 0 aliphatic carbocycles. The summed E-state index contributed by atoms with van der Waals surface area (Å²) in [6, 6.07) is 8.54. The van der Waals surface area contributed by atoms with Crippen LogP contribution in [0.4, 0.5) is 0 Å². The summed E-state index contributed by atoms with van der Waals surface area (Å²) in [5.41, 5.74) is 2.27. The number of methoxy groups -OCH3 is 1. The monoisotopic (exact) mass is 233 g/mol. The number of hydrogen-bond donors (Lipinski definition) is 1. The number of para-hydroxylation sites is 1. The predicted octanol–water partition coefficient (Wildman–Crippen LogP) is 2.77. The third-order valence-corrected chi connectivity index (χ3v) is 3.01. The van der Waals surface area contributed by atoms with Gasteiger partial charge in [-0.2, -0.15) is 0 Å². The van der Waals surface area contributed by atoms with Crippen molar-refractivity contribution >= 4 is 10.9 Å². The summed E-state index contributed by atoms with van der Waals surface area (Å²) < 4.78 is 7.67. The molecule has 2 rings (SSSR count). The van der Waals surface area contributed by atoms with E-state index in [2.05, 4.69) is 30.5 Å². The van der Waals surface area contributed by atoms with E-state index in [0.29, 0.717) is 12.5 Å². The van der Waals surface area contributed by atoms with Crippen molar-refractivity contribution in [2.45, 2.75) is 26.3 Å². The van der Waals surface area contributed by atoms with Crippen LogP contribution in [0.1, 0.15) is 25.6 Å². The van der Waals surface area contributed by atoms with Crippen LogP contribution in [-0.2, 0) is 6.42 Å². The summed E-state index contributed by atoms with van der Waals surface area (Å²) >= 11 is 0. The highest BCUT2D eigenvalue weighted by molar-refractivity contribution is 5.87. The molecule has 17 heavy (non-hydrogen) atoms. The van der Waals surface area contributed by atoms with Crippen LogP contribution in [0.5, 0.6) is 5.75 Å². The van der Waals surface area contributed by atoms with Crippen LogP contribution >= 0.6 is 0 Å². The van der Waals surface area contributed by atoms with Gasteiger partial charge in [-0.15, -0.1) is 0 Å². The second-order valence-electron chi connectivity index (χ2n) is 4.47. The third kappa shape index (κ3) is 2.03. The fourth-order valence-electron chi connectivity index (χ4n) is 2.37.